The third kappa shape index (κ3) is 1.49. The van der Waals surface area contributed by atoms with Crippen LogP contribution < -0.4 is 4.89 Å². The van der Waals surface area contributed by atoms with Crippen molar-refractivity contribution in [2.24, 2.45) is 0 Å². The molecule has 0 saturated carbocycles. The standard InChI is InChI=1S/C13H9O2/c1-2-4-10(5-3-1)11-6-7-12-9-14-15-13(12)8-11/h2-8H,9H2. The molecule has 0 bridgehead atoms. The van der Waals surface area contributed by atoms with Crippen molar-refractivity contribution >= 4 is 0 Å². The summed E-state index contributed by atoms with van der Waals surface area (Å²) >= 11 is 0. The predicted octanol–water partition coefficient (Wildman–Crippen LogP) is 2.98. The van der Waals surface area contributed by atoms with Crippen LogP contribution in [-0.2, 0) is 11.5 Å². The highest BCUT2D eigenvalue weighted by Crippen LogP contribution is 2.31. The summed E-state index contributed by atoms with van der Waals surface area (Å²) in [7, 11) is 0. The molecule has 1 aliphatic heterocycles. The highest BCUT2D eigenvalue weighted by molar-refractivity contribution is 5.66. The Bertz CT molecular complexity index is 477. The van der Waals surface area contributed by atoms with Crippen LogP contribution in [0.5, 0.6) is 5.75 Å². The fourth-order valence-electron chi connectivity index (χ4n) is 1.67. The molecule has 0 N–H and O–H groups in total. The van der Waals surface area contributed by atoms with Gasteiger partial charge < -0.3 is 4.89 Å². The van der Waals surface area contributed by atoms with E-state index in [1.54, 1.807) is 0 Å². The number of hydrogen-bond donors (Lipinski definition) is 0. The van der Waals surface area contributed by atoms with Gasteiger partial charge in [0, 0.05) is 5.56 Å². The van der Waals surface area contributed by atoms with E-state index >= 15 is 0 Å². The van der Waals surface area contributed by atoms with E-state index in [0.29, 0.717) is 6.61 Å². The maximum atomic E-state index is 5.05. The normalized spacial score (nSPS) is 13.3. The van der Waals surface area contributed by atoms with Crippen molar-refractivity contribution in [2.75, 3.05) is 0 Å². The minimum absolute atomic E-state index is 0.540. The molecule has 15 heavy (non-hydrogen) atoms. The Labute approximate surface area is 88.0 Å². The van der Waals surface area contributed by atoms with Gasteiger partial charge in [-0.3, -0.25) is 0 Å². The van der Waals surface area contributed by atoms with Gasteiger partial charge in [0.1, 0.15) is 6.61 Å². The first-order valence-electron chi connectivity index (χ1n) is 4.82. The maximum absolute atomic E-state index is 5.05. The zero-order valence-electron chi connectivity index (χ0n) is 8.07. The van der Waals surface area contributed by atoms with Crippen LogP contribution in [0.4, 0.5) is 0 Å². The molecular weight excluding hydrogens is 188 g/mol. The lowest BCUT2D eigenvalue weighted by Gasteiger charge is -2.02. The van der Waals surface area contributed by atoms with E-state index in [4.69, 9.17) is 9.78 Å². The molecule has 0 aliphatic carbocycles. The van der Waals surface area contributed by atoms with E-state index in [2.05, 4.69) is 12.1 Å². The van der Waals surface area contributed by atoms with Crippen molar-refractivity contribution in [2.45, 2.75) is 6.61 Å². The van der Waals surface area contributed by atoms with E-state index in [-0.39, 0.29) is 0 Å². The largest absolute Gasteiger partial charge is 0.337 e. The minimum Gasteiger partial charge on any atom is -0.337 e. The molecule has 0 atom stereocenters. The molecule has 3 rings (SSSR count). The number of hydrogen-bond acceptors (Lipinski definition) is 2. The van der Waals surface area contributed by atoms with Crippen LogP contribution in [0.3, 0.4) is 0 Å². The van der Waals surface area contributed by atoms with Gasteiger partial charge in [0.2, 0.25) is 0 Å². The van der Waals surface area contributed by atoms with Gasteiger partial charge in [-0.25, -0.2) is 0 Å². The van der Waals surface area contributed by atoms with Gasteiger partial charge in [-0.15, -0.1) is 0 Å². The third-order valence-corrected chi connectivity index (χ3v) is 2.48. The third-order valence-electron chi connectivity index (χ3n) is 2.48. The summed E-state index contributed by atoms with van der Waals surface area (Å²) in [6, 6.07) is 17.0. The van der Waals surface area contributed by atoms with E-state index < -0.39 is 0 Å². The number of rotatable bonds is 1. The fraction of sp³-hybridized carbons (Fsp3) is 0.0769. The molecule has 2 nitrogen and oxygen atoms in total. The van der Waals surface area contributed by atoms with Crippen LogP contribution >= 0.6 is 0 Å². The number of fused-ring (bicyclic) bond motifs is 1. The zero-order chi connectivity index (χ0) is 10.1. The van der Waals surface area contributed by atoms with Gasteiger partial charge in [0.25, 0.3) is 0 Å². The molecule has 0 spiro atoms. The Kier molecular flexibility index (Phi) is 1.93. The highest BCUT2D eigenvalue weighted by atomic mass is 17.2. The molecule has 2 heteroatoms. The van der Waals surface area contributed by atoms with Crippen molar-refractivity contribution in [1.82, 2.24) is 0 Å². The summed E-state index contributed by atoms with van der Waals surface area (Å²) in [5.41, 5.74) is 3.39. The molecule has 1 aliphatic rings. The Morgan fingerprint density at radius 1 is 1.00 bits per heavy atom. The van der Waals surface area contributed by atoms with Crippen molar-refractivity contribution in [3.8, 4) is 16.9 Å². The summed E-state index contributed by atoms with van der Waals surface area (Å²) in [5, 5.41) is 0. The van der Waals surface area contributed by atoms with Gasteiger partial charge >= 0.3 is 0 Å². The van der Waals surface area contributed by atoms with Gasteiger partial charge in [0.05, 0.1) is 0 Å². The van der Waals surface area contributed by atoms with Gasteiger partial charge in [0.15, 0.2) is 5.75 Å². The van der Waals surface area contributed by atoms with Crippen molar-refractivity contribution in [1.29, 1.82) is 0 Å². The maximum Gasteiger partial charge on any atom is 0.171 e. The quantitative estimate of drug-likeness (QED) is 0.654. The van der Waals surface area contributed by atoms with Crippen LogP contribution in [-0.4, -0.2) is 0 Å². The lowest BCUT2D eigenvalue weighted by molar-refractivity contribution is -0.194. The summed E-state index contributed by atoms with van der Waals surface area (Å²) < 4.78 is 0. The van der Waals surface area contributed by atoms with E-state index in [0.717, 1.165) is 22.4 Å². The topological polar surface area (TPSA) is 18.5 Å². The van der Waals surface area contributed by atoms with Crippen molar-refractivity contribution in [3.63, 3.8) is 0 Å². The highest BCUT2D eigenvalue weighted by Gasteiger charge is 2.13. The summed E-state index contributed by atoms with van der Waals surface area (Å²) in [6.45, 7) is 0.540. The predicted molar refractivity (Wildman–Crippen MR) is 56.1 cm³/mol. The first kappa shape index (κ1) is 8.50. The van der Waals surface area contributed by atoms with Crippen LogP contribution in [0.25, 0.3) is 11.1 Å². The average molecular weight is 197 g/mol. The van der Waals surface area contributed by atoms with Crippen molar-refractivity contribution < 1.29 is 9.78 Å². The Hall–Kier alpha value is -1.80. The zero-order valence-corrected chi connectivity index (χ0v) is 8.07. The van der Waals surface area contributed by atoms with E-state index in [9.17, 15) is 0 Å². The molecule has 0 aromatic heterocycles. The minimum atomic E-state index is 0.540. The Morgan fingerprint density at radius 3 is 2.73 bits per heavy atom. The van der Waals surface area contributed by atoms with Gasteiger partial charge in [-0.1, -0.05) is 36.4 Å². The Balaban J connectivity index is 2.07. The van der Waals surface area contributed by atoms with Gasteiger partial charge in [-0.2, -0.15) is 4.89 Å². The first-order chi connectivity index (χ1) is 7.43. The lowest BCUT2D eigenvalue weighted by Crippen LogP contribution is -1.82. The van der Waals surface area contributed by atoms with Crippen LogP contribution in [0.15, 0.2) is 42.5 Å². The molecule has 0 unspecified atom stereocenters. The van der Waals surface area contributed by atoms with Crippen LogP contribution in [0.1, 0.15) is 5.56 Å². The smallest absolute Gasteiger partial charge is 0.171 e. The molecule has 0 saturated heterocycles. The van der Waals surface area contributed by atoms with E-state index in [1.165, 1.54) is 0 Å². The second kappa shape index (κ2) is 3.41. The van der Waals surface area contributed by atoms with Crippen LogP contribution in [0, 0.1) is 6.07 Å². The van der Waals surface area contributed by atoms with Crippen LogP contribution in [0.2, 0.25) is 0 Å². The summed E-state index contributed by atoms with van der Waals surface area (Å²) in [5.74, 6) is 0.820. The van der Waals surface area contributed by atoms with Crippen molar-refractivity contribution in [3.05, 3.63) is 54.1 Å². The number of benzene rings is 2. The molecule has 73 valence electrons. The summed E-state index contributed by atoms with van der Waals surface area (Å²) in [6.07, 6.45) is 0. The monoisotopic (exact) mass is 197 g/mol. The second-order valence-electron chi connectivity index (χ2n) is 3.46. The lowest BCUT2D eigenvalue weighted by atomic mass is 10.0. The summed E-state index contributed by atoms with van der Waals surface area (Å²) in [4.78, 5) is 9.95. The molecule has 0 amide bonds. The molecule has 1 heterocycles. The molecule has 1 radical (unpaired) electrons. The molecule has 2 aromatic carbocycles. The second-order valence-corrected chi connectivity index (χ2v) is 3.46. The molecular formula is C13H9O2. The van der Waals surface area contributed by atoms with Gasteiger partial charge in [-0.05, 0) is 23.3 Å². The molecule has 2 aromatic rings. The first-order valence-corrected chi connectivity index (χ1v) is 4.82. The fourth-order valence-corrected chi connectivity index (χ4v) is 1.67. The Morgan fingerprint density at radius 2 is 1.87 bits per heavy atom. The average Bonchev–Trinajstić information content (AvgIpc) is 2.77. The molecule has 0 fully saturated rings. The SMILES string of the molecule is [c]1ccc(-c2ccc3c(c2)OOC3)cc1. The van der Waals surface area contributed by atoms with E-state index in [1.807, 2.05) is 36.4 Å².